The van der Waals surface area contributed by atoms with Crippen LogP contribution in [0.2, 0.25) is 0 Å². The lowest BCUT2D eigenvalue weighted by Gasteiger charge is -2.26. The van der Waals surface area contributed by atoms with Crippen molar-refractivity contribution in [2.24, 2.45) is 0 Å². The van der Waals surface area contributed by atoms with E-state index in [1.807, 2.05) is 24.3 Å². The number of nitrogens with one attached hydrogen (secondary N) is 1. The average Bonchev–Trinajstić information content (AvgIpc) is 3.28. The highest BCUT2D eigenvalue weighted by Crippen LogP contribution is 2.30. The van der Waals surface area contributed by atoms with Crippen LogP contribution < -0.4 is 14.8 Å². The monoisotopic (exact) mass is 402 g/mol. The molecule has 2 aromatic carbocycles. The van der Waals surface area contributed by atoms with Crippen LogP contribution in [0.15, 0.2) is 53.4 Å². The molecule has 0 spiro atoms. The second kappa shape index (κ2) is 7.81. The molecule has 7 nitrogen and oxygen atoms in total. The number of benzene rings is 2. The van der Waals surface area contributed by atoms with Gasteiger partial charge < -0.3 is 14.8 Å². The van der Waals surface area contributed by atoms with Crippen LogP contribution in [0, 0.1) is 0 Å². The standard InChI is InChI=1S/C20H22N2O5S/c23-20(21-13-16-14-26-18-5-1-2-6-19(18)27-16)15-7-9-17(10-8-15)28(24,25)22-11-3-4-12-22/h1-2,5-10,16H,3-4,11-14H2,(H,21,23). The van der Waals surface area contributed by atoms with E-state index in [9.17, 15) is 13.2 Å². The zero-order valence-electron chi connectivity index (χ0n) is 15.3. The lowest BCUT2D eigenvalue weighted by molar-refractivity contribution is 0.0789. The van der Waals surface area contributed by atoms with Crippen molar-refractivity contribution in [2.45, 2.75) is 23.8 Å². The van der Waals surface area contributed by atoms with Crippen molar-refractivity contribution in [1.29, 1.82) is 0 Å². The molecule has 2 aliphatic rings. The molecule has 2 aromatic rings. The molecule has 0 saturated carbocycles. The Kier molecular flexibility index (Phi) is 5.23. The van der Waals surface area contributed by atoms with E-state index in [0.717, 1.165) is 12.8 Å². The Balaban J connectivity index is 1.35. The third kappa shape index (κ3) is 3.83. The number of rotatable bonds is 5. The number of nitrogens with zero attached hydrogens (tertiary/aromatic N) is 1. The Hall–Kier alpha value is -2.58. The first-order valence-electron chi connectivity index (χ1n) is 9.31. The highest BCUT2D eigenvalue weighted by molar-refractivity contribution is 7.89. The van der Waals surface area contributed by atoms with Crippen LogP contribution in [0.5, 0.6) is 11.5 Å². The molecule has 1 amide bonds. The third-order valence-corrected chi connectivity index (χ3v) is 6.79. The fraction of sp³-hybridized carbons (Fsp3) is 0.350. The van der Waals surface area contributed by atoms with Gasteiger partial charge in [-0.1, -0.05) is 12.1 Å². The highest BCUT2D eigenvalue weighted by atomic mass is 32.2. The molecule has 1 unspecified atom stereocenters. The van der Waals surface area contributed by atoms with E-state index >= 15 is 0 Å². The number of sulfonamides is 1. The molecule has 8 heteroatoms. The topological polar surface area (TPSA) is 84.9 Å². The van der Waals surface area contributed by atoms with Gasteiger partial charge in [0.15, 0.2) is 11.5 Å². The van der Waals surface area contributed by atoms with E-state index in [1.54, 1.807) is 0 Å². The Morgan fingerprint density at radius 1 is 1.04 bits per heavy atom. The molecule has 28 heavy (non-hydrogen) atoms. The summed E-state index contributed by atoms with van der Waals surface area (Å²) in [6.07, 6.45) is 1.49. The van der Waals surface area contributed by atoms with Gasteiger partial charge in [-0.3, -0.25) is 4.79 Å². The van der Waals surface area contributed by atoms with Crippen molar-refractivity contribution in [3.05, 3.63) is 54.1 Å². The summed E-state index contributed by atoms with van der Waals surface area (Å²) >= 11 is 0. The second-order valence-electron chi connectivity index (χ2n) is 6.84. The van der Waals surface area contributed by atoms with Crippen LogP contribution in [0.25, 0.3) is 0 Å². The molecular formula is C20H22N2O5S. The quantitative estimate of drug-likeness (QED) is 0.827. The van der Waals surface area contributed by atoms with Gasteiger partial charge in [0.05, 0.1) is 11.4 Å². The van der Waals surface area contributed by atoms with Gasteiger partial charge in [0.25, 0.3) is 5.91 Å². The summed E-state index contributed by atoms with van der Waals surface area (Å²) in [6, 6.07) is 13.4. The van der Waals surface area contributed by atoms with Gasteiger partial charge in [0, 0.05) is 18.7 Å². The van der Waals surface area contributed by atoms with Gasteiger partial charge in [-0.15, -0.1) is 0 Å². The Morgan fingerprint density at radius 3 is 2.43 bits per heavy atom. The normalized spacial score (nSPS) is 19.4. The van der Waals surface area contributed by atoms with E-state index in [-0.39, 0.29) is 16.9 Å². The van der Waals surface area contributed by atoms with Crippen molar-refractivity contribution in [3.8, 4) is 11.5 Å². The molecule has 2 heterocycles. The third-order valence-electron chi connectivity index (χ3n) is 4.88. The number of carbonyl (C=O) groups excluding carboxylic acids is 1. The minimum Gasteiger partial charge on any atom is -0.486 e. The predicted octanol–water partition coefficient (Wildman–Crippen LogP) is 2.04. The molecule has 2 aliphatic heterocycles. The SMILES string of the molecule is O=C(NCC1COc2ccccc2O1)c1ccc(S(=O)(=O)N2CCCC2)cc1. The maximum Gasteiger partial charge on any atom is 0.251 e. The number of hydrogen-bond donors (Lipinski definition) is 1. The first-order chi connectivity index (χ1) is 13.5. The summed E-state index contributed by atoms with van der Waals surface area (Å²) < 4.78 is 38.0. The molecule has 148 valence electrons. The minimum atomic E-state index is -3.47. The zero-order valence-corrected chi connectivity index (χ0v) is 16.2. The molecule has 0 bridgehead atoms. The van der Waals surface area contributed by atoms with Crippen LogP contribution in [-0.4, -0.2) is 51.0 Å². The zero-order chi connectivity index (χ0) is 19.6. The van der Waals surface area contributed by atoms with Crippen molar-refractivity contribution in [1.82, 2.24) is 9.62 Å². The summed E-state index contributed by atoms with van der Waals surface area (Å²) in [4.78, 5) is 12.6. The van der Waals surface area contributed by atoms with Crippen LogP contribution in [-0.2, 0) is 10.0 Å². The molecule has 4 rings (SSSR count). The molecule has 1 atom stereocenters. The van der Waals surface area contributed by atoms with Crippen molar-refractivity contribution in [2.75, 3.05) is 26.2 Å². The van der Waals surface area contributed by atoms with Gasteiger partial charge in [-0.25, -0.2) is 8.42 Å². The Bertz CT molecular complexity index is 953. The Morgan fingerprint density at radius 2 is 1.71 bits per heavy atom. The summed E-state index contributed by atoms with van der Waals surface area (Å²) in [6.45, 7) is 1.75. The van der Waals surface area contributed by atoms with Gasteiger partial charge in [-0.2, -0.15) is 4.31 Å². The van der Waals surface area contributed by atoms with E-state index in [0.29, 0.717) is 43.3 Å². The summed E-state index contributed by atoms with van der Waals surface area (Å²) in [7, 11) is -3.47. The number of carbonyl (C=O) groups is 1. The van der Waals surface area contributed by atoms with Crippen LogP contribution in [0.1, 0.15) is 23.2 Å². The lowest BCUT2D eigenvalue weighted by atomic mass is 10.2. The summed E-state index contributed by atoms with van der Waals surface area (Å²) in [5.74, 6) is 1.07. The Labute approximate surface area is 164 Å². The van der Waals surface area contributed by atoms with Gasteiger partial charge in [0.2, 0.25) is 10.0 Å². The lowest BCUT2D eigenvalue weighted by Crippen LogP contribution is -2.40. The van der Waals surface area contributed by atoms with Gasteiger partial charge in [0.1, 0.15) is 12.7 Å². The number of amides is 1. The molecule has 0 radical (unpaired) electrons. The van der Waals surface area contributed by atoms with E-state index in [2.05, 4.69) is 5.32 Å². The number of ether oxygens (including phenoxy) is 2. The summed E-state index contributed by atoms with van der Waals surface area (Å²) in [5.41, 5.74) is 0.400. The summed E-state index contributed by atoms with van der Waals surface area (Å²) in [5, 5.41) is 2.81. The van der Waals surface area contributed by atoms with Crippen molar-refractivity contribution >= 4 is 15.9 Å². The first kappa shape index (κ1) is 18.8. The average molecular weight is 402 g/mol. The first-order valence-corrected chi connectivity index (χ1v) is 10.7. The number of fused-ring (bicyclic) bond motifs is 1. The second-order valence-corrected chi connectivity index (χ2v) is 8.78. The molecule has 1 saturated heterocycles. The number of hydrogen-bond acceptors (Lipinski definition) is 5. The maximum absolute atomic E-state index is 12.5. The van der Waals surface area contributed by atoms with Crippen molar-refractivity contribution < 1.29 is 22.7 Å². The molecule has 1 fully saturated rings. The molecule has 0 aliphatic carbocycles. The highest BCUT2D eigenvalue weighted by Gasteiger charge is 2.27. The van der Waals surface area contributed by atoms with Crippen molar-refractivity contribution in [3.63, 3.8) is 0 Å². The smallest absolute Gasteiger partial charge is 0.251 e. The van der Waals surface area contributed by atoms with Crippen LogP contribution in [0.3, 0.4) is 0 Å². The van der Waals surface area contributed by atoms with Gasteiger partial charge in [-0.05, 0) is 49.2 Å². The number of para-hydroxylation sites is 2. The fourth-order valence-electron chi connectivity index (χ4n) is 3.33. The predicted molar refractivity (Wildman–Crippen MR) is 103 cm³/mol. The van der Waals surface area contributed by atoms with Gasteiger partial charge >= 0.3 is 0 Å². The molecule has 0 aromatic heterocycles. The van der Waals surface area contributed by atoms with E-state index in [1.165, 1.54) is 28.6 Å². The minimum absolute atomic E-state index is 0.214. The molecule has 1 N–H and O–H groups in total. The largest absolute Gasteiger partial charge is 0.486 e. The maximum atomic E-state index is 12.5. The fourth-order valence-corrected chi connectivity index (χ4v) is 4.85. The van der Waals surface area contributed by atoms with Crippen LogP contribution in [0.4, 0.5) is 0 Å². The van der Waals surface area contributed by atoms with Crippen LogP contribution >= 0.6 is 0 Å². The van der Waals surface area contributed by atoms with E-state index < -0.39 is 10.0 Å². The molecular weight excluding hydrogens is 380 g/mol. The van der Waals surface area contributed by atoms with E-state index in [4.69, 9.17) is 9.47 Å².